The summed E-state index contributed by atoms with van der Waals surface area (Å²) < 4.78 is 141. The van der Waals surface area contributed by atoms with Crippen LogP contribution in [0.1, 0.15) is 20.6 Å². The molecule has 11 aromatic rings. The van der Waals surface area contributed by atoms with E-state index in [1.807, 2.05) is 66.7 Å². The van der Waals surface area contributed by atoms with E-state index in [9.17, 15) is 6.85 Å². The molecule has 1 aromatic heterocycles. The Morgan fingerprint density at radius 3 is 1.73 bits per heavy atom. The first-order chi connectivity index (χ1) is 31.5. The van der Waals surface area contributed by atoms with E-state index in [1.165, 1.54) is 0 Å². The van der Waals surface area contributed by atoms with Gasteiger partial charge in [-0.15, -0.1) is 0 Å². The molecule has 0 aliphatic carbocycles. The zero-order chi connectivity index (χ0) is 46.5. The van der Waals surface area contributed by atoms with E-state index < -0.39 is 107 Å². The molecular formula is C50H30O. The summed E-state index contributed by atoms with van der Waals surface area (Å²) in [6, 6.07) is 19.2. The molecule has 0 bridgehead atoms. The summed E-state index contributed by atoms with van der Waals surface area (Å²) in [6.07, 6.45) is 0. The molecule has 0 aliphatic rings. The quantitative estimate of drug-likeness (QED) is 0.172. The second kappa shape index (κ2) is 10.9. The van der Waals surface area contributed by atoms with Crippen molar-refractivity contribution in [1.29, 1.82) is 0 Å². The number of fused-ring (bicyclic) bond motifs is 9. The van der Waals surface area contributed by atoms with Gasteiger partial charge in [-0.1, -0.05) is 151 Å². The van der Waals surface area contributed by atoms with Crippen LogP contribution in [0.3, 0.4) is 0 Å². The Hall–Kier alpha value is -6.70. The fourth-order valence-electron chi connectivity index (χ4n) is 7.47. The minimum atomic E-state index is -0.755. The maximum absolute atomic E-state index is 9.39. The highest BCUT2D eigenvalue weighted by molar-refractivity contribution is 6.24. The molecule has 0 spiro atoms. The van der Waals surface area contributed by atoms with Crippen molar-refractivity contribution in [2.45, 2.75) is 0 Å². The Morgan fingerprint density at radius 1 is 0.353 bits per heavy atom. The van der Waals surface area contributed by atoms with Crippen LogP contribution in [-0.4, -0.2) is 0 Å². The molecule has 0 saturated heterocycles. The standard InChI is InChI=1S/C50H30O/c1-3-13-38-31(10-1)12-9-19-40(38)49-43-17-7-5-15-41(43)48(42-16-6-8-18-44(42)49)37-23-22-33-28-34(20-21-35(33)29-37)36-24-26-45-47(30-36)51-46-27-25-32-11-2-4-14-39(32)50(45)46/h1-30H/i1D,3D,5D,6D,7D,8D,9D,10D,12D,13D,15D,16D,17D,18D,19D. The molecule has 0 aliphatic heterocycles. The maximum Gasteiger partial charge on any atom is 0.136 e. The number of benzene rings is 10. The third kappa shape index (κ3) is 4.28. The van der Waals surface area contributed by atoms with Crippen LogP contribution >= 0.6 is 0 Å². The molecule has 0 saturated carbocycles. The Bertz CT molecular complexity index is 3970. The normalized spacial score (nSPS) is 16.0. The average molecular weight is 662 g/mol. The number of rotatable bonds is 3. The molecule has 51 heavy (non-hydrogen) atoms. The molecule has 236 valence electrons. The second-order valence-corrected chi connectivity index (χ2v) is 12.5. The Morgan fingerprint density at radius 2 is 0.941 bits per heavy atom. The van der Waals surface area contributed by atoms with Crippen LogP contribution < -0.4 is 0 Å². The summed E-state index contributed by atoms with van der Waals surface area (Å²) in [7, 11) is 0. The van der Waals surface area contributed by atoms with Gasteiger partial charge in [-0.3, -0.25) is 0 Å². The van der Waals surface area contributed by atoms with Gasteiger partial charge >= 0.3 is 0 Å². The highest BCUT2D eigenvalue weighted by Gasteiger charge is 2.18. The lowest BCUT2D eigenvalue weighted by Crippen LogP contribution is -1.91. The summed E-state index contributed by atoms with van der Waals surface area (Å²) in [4.78, 5) is 0. The monoisotopic (exact) mass is 661 g/mol. The molecule has 0 atom stereocenters. The molecule has 0 unspecified atom stereocenters. The fourth-order valence-corrected chi connectivity index (χ4v) is 7.47. The first-order valence-electron chi connectivity index (χ1n) is 23.9. The summed E-state index contributed by atoms with van der Waals surface area (Å²) in [5.74, 6) is 0. The van der Waals surface area contributed by atoms with E-state index in [1.54, 1.807) is 12.1 Å². The summed E-state index contributed by atoms with van der Waals surface area (Å²) in [5.41, 5.74) is 2.88. The molecule has 1 heteroatoms. The van der Waals surface area contributed by atoms with Crippen molar-refractivity contribution in [3.63, 3.8) is 0 Å². The minimum absolute atomic E-state index is 0.0394. The van der Waals surface area contributed by atoms with E-state index >= 15 is 0 Å². The minimum Gasteiger partial charge on any atom is -0.456 e. The van der Waals surface area contributed by atoms with Crippen molar-refractivity contribution in [2.75, 3.05) is 0 Å². The lowest BCUT2D eigenvalue weighted by Gasteiger charge is -2.19. The fraction of sp³-hybridized carbons (Fsp3) is 0. The third-order valence-corrected chi connectivity index (χ3v) is 9.76. The van der Waals surface area contributed by atoms with Crippen molar-refractivity contribution in [3.8, 4) is 33.4 Å². The van der Waals surface area contributed by atoms with Crippen molar-refractivity contribution in [1.82, 2.24) is 0 Å². The number of furan rings is 1. The first kappa shape index (κ1) is 17.3. The SMILES string of the molecule is [2H]c1c([2H])c([2H])c2c(-c3c4c([2H])c([2H])c([2H])c([2H])c4c(-c4ccc5cc(-c6ccc7c(c6)oc6ccc8ccccc8c67)ccc5c4)c4c([2H])c([2H])c([2H])c([2H])c34)c([2H])c([2H])c([2H])c2c1[2H]. The molecule has 10 aromatic carbocycles. The second-order valence-electron chi connectivity index (χ2n) is 12.5. The molecule has 0 radical (unpaired) electrons. The van der Waals surface area contributed by atoms with E-state index in [4.69, 9.17) is 18.1 Å². The Labute approximate surface area is 315 Å². The predicted octanol–water partition coefficient (Wildman–Crippen LogP) is 14.4. The number of hydrogen-bond donors (Lipinski definition) is 0. The molecule has 1 heterocycles. The molecule has 1 nitrogen and oxygen atoms in total. The largest absolute Gasteiger partial charge is 0.456 e. The Kier molecular flexibility index (Phi) is 3.70. The zero-order valence-corrected chi connectivity index (χ0v) is 26.6. The highest BCUT2D eigenvalue weighted by Crippen LogP contribution is 2.46. The van der Waals surface area contributed by atoms with E-state index in [-0.39, 0.29) is 32.7 Å². The van der Waals surface area contributed by atoms with Gasteiger partial charge in [-0.2, -0.15) is 0 Å². The van der Waals surface area contributed by atoms with Gasteiger partial charge in [0, 0.05) is 10.8 Å². The summed E-state index contributed by atoms with van der Waals surface area (Å²) in [6.45, 7) is 0. The maximum atomic E-state index is 9.39. The van der Waals surface area contributed by atoms with Gasteiger partial charge in [0.25, 0.3) is 0 Å². The molecular weight excluding hydrogens is 617 g/mol. The smallest absolute Gasteiger partial charge is 0.136 e. The van der Waals surface area contributed by atoms with Gasteiger partial charge in [0.05, 0.1) is 20.6 Å². The summed E-state index contributed by atoms with van der Waals surface area (Å²) in [5, 5.41) is 3.95. The highest BCUT2D eigenvalue weighted by atomic mass is 16.3. The number of hydrogen-bond acceptors (Lipinski definition) is 1. The van der Waals surface area contributed by atoms with Crippen molar-refractivity contribution >= 4 is 75.8 Å². The third-order valence-electron chi connectivity index (χ3n) is 9.76. The van der Waals surface area contributed by atoms with E-state index in [0.29, 0.717) is 10.9 Å². The molecule has 0 N–H and O–H groups in total. The lowest BCUT2D eigenvalue weighted by molar-refractivity contribution is 0.669. The van der Waals surface area contributed by atoms with Gasteiger partial charge in [-0.05, 0) is 118 Å². The topological polar surface area (TPSA) is 13.1 Å². The lowest BCUT2D eigenvalue weighted by atomic mass is 9.84. The van der Waals surface area contributed by atoms with Crippen LogP contribution in [0.15, 0.2) is 186 Å². The molecule has 0 amide bonds. The van der Waals surface area contributed by atoms with Crippen LogP contribution in [-0.2, 0) is 0 Å². The zero-order valence-electron chi connectivity index (χ0n) is 41.6. The van der Waals surface area contributed by atoms with Crippen LogP contribution in [0.25, 0.3) is 109 Å². The molecule has 0 fully saturated rings. The predicted molar refractivity (Wildman–Crippen MR) is 218 cm³/mol. The first-order valence-corrected chi connectivity index (χ1v) is 16.4. The van der Waals surface area contributed by atoms with Gasteiger partial charge in [-0.25, -0.2) is 0 Å². The average Bonchev–Trinajstić information content (AvgIpc) is 3.71. The van der Waals surface area contributed by atoms with Gasteiger partial charge < -0.3 is 4.42 Å². The van der Waals surface area contributed by atoms with Crippen molar-refractivity contribution in [3.05, 3.63) is 182 Å². The van der Waals surface area contributed by atoms with Crippen LogP contribution in [0.2, 0.25) is 0 Å². The van der Waals surface area contributed by atoms with Crippen molar-refractivity contribution in [2.24, 2.45) is 0 Å². The van der Waals surface area contributed by atoms with Crippen LogP contribution in [0.5, 0.6) is 0 Å². The van der Waals surface area contributed by atoms with Crippen LogP contribution in [0, 0.1) is 0 Å². The summed E-state index contributed by atoms with van der Waals surface area (Å²) >= 11 is 0. The van der Waals surface area contributed by atoms with E-state index in [0.717, 1.165) is 49.2 Å². The van der Waals surface area contributed by atoms with E-state index in [2.05, 4.69) is 12.1 Å². The van der Waals surface area contributed by atoms with Crippen molar-refractivity contribution < 1.29 is 25.0 Å². The van der Waals surface area contributed by atoms with Crippen LogP contribution in [0.4, 0.5) is 0 Å². The molecule has 11 rings (SSSR count). The van der Waals surface area contributed by atoms with Gasteiger partial charge in [0.2, 0.25) is 0 Å². The van der Waals surface area contributed by atoms with Gasteiger partial charge in [0.1, 0.15) is 11.2 Å². The Balaban J connectivity index is 1.21. The van der Waals surface area contributed by atoms with Gasteiger partial charge in [0.15, 0.2) is 0 Å².